The van der Waals surface area contributed by atoms with Crippen LogP contribution < -0.4 is 0 Å². The predicted octanol–water partition coefficient (Wildman–Crippen LogP) is 3.22. The number of carbonyl (C=O) groups excluding carboxylic acids is 2. The van der Waals surface area contributed by atoms with Gasteiger partial charge in [0.05, 0.1) is 12.6 Å². The summed E-state index contributed by atoms with van der Waals surface area (Å²) in [6, 6.07) is 12.9. The largest absolute Gasteiger partial charge is 0.392 e. The molecule has 3 rings (SSSR count). The number of hydrogen-bond acceptors (Lipinski definition) is 3. The summed E-state index contributed by atoms with van der Waals surface area (Å²) in [5.74, 6) is -0.263. The highest BCUT2D eigenvalue weighted by molar-refractivity contribution is 5.94. The van der Waals surface area contributed by atoms with E-state index in [1.807, 2.05) is 18.7 Å². The highest BCUT2D eigenvalue weighted by Gasteiger charge is 2.33. The van der Waals surface area contributed by atoms with E-state index in [2.05, 4.69) is 0 Å². The van der Waals surface area contributed by atoms with Crippen molar-refractivity contribution in [2.45, 2.75) is 39.5 Å². The van der Waals surface area contributed by atoms with Crippen molar-refractivity contribution in [2.75, 3.05) is 13.1 Å². The van der Waals surface area contributed by atoms with E-state index in [1.54, 1.807) is 41.3 Å². The molecule has 0 radical (unpaired) electrons. The fraction of sp³-hybridized carbons (Fsp3) is 0.391. The Balaban J connectivity index is 1.80. The second kappa shape index (κ2) is 9.18. The van der Waals surface area contributed by atoms with Crippen LogP contribution in [0.25, 0.3) is 0 Å². The van der Waals surface area contributed by atoms with Crippen molar-refractivity contribution in [1.29, 1.82) is 0 Å². The molecule has 0 unspecified atom stereocenters. The van der Waals surface area contributed by atoms with Gasteiger partial charge in [0.25, 0.3) is 5.91 Å². The Morgan fingerprint density at radius 2 is 1.72 bits per heavy atom. The lowest BCUT2D eigenvalue weighted by atomic mass is 10.0. The molecule has 1 aliphatic rings. The minimum atomic E-state index is -0.305. The molecule has 1 heterocycles. The van der Waals surface area contributed by atoms with Crippen LogP contribution in [0.5, 0.6) is 0 Å². The van der Waals surface area contributed by atoms with Crippen molar-refractivity contribution in [3.05, 3.63) is 71.0 Å². The van der Waals surface area contributed by atoms with Crippen molar-refractivity contribution in [2.24, 2.45) is 5.92 Å². The number of nitrogens with zero attached hydrogens (tertiary/aromatic N) is 2. The smallest absolute Gasteiger partial charge is 0.253 e. The maximum Gasteiger partial charge on any atom is 0.253 e. The standard InChI is InChI=1S/C23H27FN2O3/c1-16(2)21-14-25(23(29)19-7-3-18(15-27)4-8-19)12-11-22(28)26(21)13-17-5-9-20(24)10-6-17/h3-10,16,21,27H,11-15H2,1-2H3/t21-/m1/s1. The summed E-state index contributed by atoms with van der Waals surface area (Å²) >= 11 is 0. The minimum Gasteiger partial charge on any atom is -0.392 e. The van der Waals surface area contributed by atoms with Gasteiger partial charge < -0.3 is 14.9 Å². The Kier molecular flexibility index (Phi) is 6.64. The number of hydrogen-bond donors (Lipinski definition) is 1. The highest BCUT2D eigenvalue weighted by Crippen LogP contribution is 2.22. The van der Waals surface area contributed by atoms with Crippen LogP contribution in [-0.2, 0) is 17.9 Å². The zero-order chi connectivity index (χ0) is 21.0. The lowest BCUT2D eigenvalue weighted by Gasteiger charge is -2.34. The van der Waals surface area contributed by atoms with Crippen LogP contribution in [0.1, 0.15) is 41.8 Å². The SMILES string of the molecule is CC(C)[C@H]1CN(C(=O)c2ccc(CO)cc2)CCC(=O)N1Cc1ccc(F)cc1. The molecule has 0 bridgehead atoms. The molecule has 2 aromatic rings. The number of aliphatic hydroxyl groups is 1. The van der Waals surface area contributed by atoms with E-state index in [4.69, 9.17) is 0 Å². The molecule has 1 atom stereocenters. The third-order valence-electron chi connectivity index (χ3n) is 5.43. The molecule has 0 aliphatic carbocycles. The van der Waals surface area contributed by atoms with Crippen LogP contribution in [-0.4, -0.2) is 45.9 Å². The average molecular weight is 398 g/mol. The van der Waals surface area contributed by atoms with Gasteiger partial charge in [-0.05, 0) is 41.3 Å². The molecule has 5 nitrogen and oxygen atoms in total. The number of carbonyl (C=O) groups is 2. The van der Waals surface area contributed by atoms with Crippen LogP contribution in [0.4, 0.5) is 4.39 Å². The molecular formula is C23H27FN2O3. The fourth-order valence-electron chi connectivity index (χ4n) is 3.66. The molecule has 2 aromatic carbocycles. The van der Waals surface area contributed by atoms with Gasteiger partial charge >= 0.3 is 0 Å². The number of halogens is 1. The van der Waals surface area contributed by atoms with Gasteiger partial charge in [0, 0.05) is 31.6 Å². The Morgan fingerprint density at radius 1 is 1.10 bits per heavy atom. The zero-order valence-electron chi connectivity index (χ0n) is 16.8. The second-order valence-corrected chi connectivity index (χ2v) is 7.82. The molecule has 1 aliphatic heterocycles. The van der Waals surface area contributed by atoms with Gasteiger partial charge in [-0.2, -0.15) is 0 Å². The van der Waals surface area contributed by atoms with Crippen molar-refractivity contribution >= 4 is 11.8 Å². The summed E-state index contributed by atoms with van der Waals surface area (Å²) in [5.41, 5.74) is 2.16. The molecule has 0 aromatic heterocycles. The van der Waals surface area contributed by atoms with Crippen LogP contribution in [0.15, 0.2) is 48.5 Å². The van der Waals surface area contributed by atoms with Gasteiger partial charge in [0.2, 0.25) is 5.91 Å². The third-order valence-corrected chi connectivity index (χ3v) is 5.43. The van der Waals surface area contributed by atoms with E-state index in [1.165, 1.54) is 12.1 Å². The summed E-state index contributed by atoms with van der Waals surface area (Å²) in [6.07, 6.45) is 0.255. The minimum absolute atomic E-state index is 0.000969. The zero-order valence-corrected chi connectivity index (χ0v) is 16.8. The lowest BCUT2D eigenvalue weighted by Crippen LogP contribution is -2.47. The van der Waals surface area contributed by atoms with Gasteiger partial charge in [-0.15, -0.1) is 0 Å². The topological polar surface area (TPSA) is 60.9 Å². The Morgan fingerprint density at radius 3 is 2.31 bits per heavy atom. The normalized spacial score (nSPS) is 17.6. The molecular weight excluding hydrogens is 371 g/mol. The number of rotatable bonds is 5. The second-order valence-electron chi connectivity index (χ2n) is 7.82. The lowest BCUT2D eigenvalue weighted by molar-refractivity contribution is -0.134. The van der Waals surface area contributed by atoms with Gasteiger partial charge in [0.15, 0.2) is 0 Å². The summed E-state index contributed by atoms with van der Waals surface area (Å²) in [6.45, 7) is 5.22. The predicted molar refractivity (Wildman–Crippen MR) is 108 cm³/mol. The Hall–Kier alpha value is -2.73. The summed E-state index contributed by atoms with van der Waals surface area (Å²) < 4.78 is 13.2. The highest BCUT2D eigenvalue weighted by atomic mass is 19.1. The molecule has 29 heavy (non-hydrogen) atoms. The summed E-state index contributed by atoms with van der Waals surface area (Å²) in [4.78, 5) is 29.5. The first-order valence-corrected chi connectivity index (χ1v) is 9.92. The van der Waals surface area contributed by atoms with Crippen LogP contribution in [0.3, 0.4) is 0 Å². The molecule has 154 valence electrons. The maximum absolute atomic E-state index is 13.2. The number of amides is 2. The Labute approximate surface area is 170 Å². The van der Waals surface area contributed by atoms with Crippen LogP contribution in [0, 0.1) is 11.7 Å². The van der Waals surface area contributed by atoms with E-state index in [0.717, 1.165) is 11.1 Å². The first-order valence-electron chi connectivity index (χ1n) is 9.92. The molecule has 1 N–H and O–H groups in total. The molecule has 0 spiro atoms. The van der Waals surface area contributed by atoms with E-state index in [-0.39, 0.29) is 42.6 Å². The maximum atomic E-state index is 13.2. The third kappa shape index (κ3) is 5.01. The van der Waals surface area contributed by atoms with Gasteiger partial charge in [-0.25, -0.2) is 4.39 Å². The van der Waals surface area contributed by atoms with E-state index in [9.17, 15) is 19.1 Å². The molecule has 6 heteroatoms. The van der Waals surface area contributed by atoms with Gasteiger partial charge in [-0.1, -0.05) is 38.1 Å². The van der Waals surface area contributed by atoms with E-state index >= 15 is 0 Å². The van der Waals surface area contributed by atoms with E-state index < -0.39 is 0 Å². The molecule has 0 saturated carbocycles. The summed E-state index contributed by atoms with van der Waals surface area (Å²) in [5, 5.41) is 9.18. The fourth-order valence-corrected chi connectivity index (χ4v) is 3.66. The van der Waals surface area contributed by atoms with E-state index in [0.29, 0.717) is 25.2 Å². The number of aliphatic hydroxyl groups excluding tert-OH is 1. The first kappa shape index (κ1) is 21.0. The quantitative estimate of drug-likeness (QED) is 0.841. The van der Waals surface area contributed by atoms with Crippen LogP contribution >= 0.6 is 0 Å². The summed E-state index contributed by atoms with van der Waals surface area (Å²) in [7, 11) is 0. The number of benzene rings is 2. The molecule has 1 saturated heterocycles. The van der Waals surface area contributed by atoms with Crippen molar-refractivity contribution in [3.63, 3.8) is 0 Å². The van der Waals surface area contributed by atoms with Gasteiger partial charge in [-0.3, -0.25) is 9.59 Å². The average Bonchev–Trinajstić information content (AvgIpc) is 2.89. The van der Waals surface area contributed by atoms with Crippen molar-refractivity contribution in [1.82, 2.24) is 9.80 Å². The molecule has 1 fully saturated rings. The van der Waals surface area contributed by atoms with Crippen molar-refractivity contribution in [3.8, 4) is 0 Å². The van der Waals surface area contributed by atoms with Crippen LogP contribution in [0.2, 0.25) is 0 Å². The van der Waals surface area contributed by atoms with Crippen molar-refractivity contribution < 1.29 is 19.1 Å². The monoisotopic (exact) mass is 398 g/mol. The van der Waals surface area contributed by atoms with Gasteiger partial charge in [0.1, 0.15) is 5.82 Å². The first-order chi connectivity index (χ1) is 13.9. The molecule has 2 amide bonds. The Bertz CT molecular complexity index is 849.